The second-order valence-corrected chi connectivity index (χ2v) is 12.8. The molecule has 2 N–H and O–H groups in total. The van der Waals surface area contributed by atoms with Gasteiger partial charge in [-0.25, -0.2) is 13.4 Å². The third-order valence-corrected chi connectivity index (χ3v) is 9.11. The lowest BCUT2D eigenvalue weighted by Crippen LogP contribution is -2.61. The van der Waals surface area contributed by atoms with E-state index >= 15 is 0 Å². The van der Waals surface area contributed by atoms with E-state index < -0.39 is 15.4 Å². The zero-order valence-corrected chi connectivity index (χ0v) is 18.2. The summed E-state index contributed by atoms with van der Waals surface area (Å²) in [5.41, 5.74) is 0.0550. The van der Waals surface area contributed by atoms with E-state index in [1.807, 2.05) is 0 Å². The lowest BCUT2D eigenvalue weighted by molar-refractivity contribution is -0.136. The summed E-state index contributed by atoms with van der Waals surface area (Å²) in [6.07, 6.45) is 7.25. The first-order valence-corrected chi connectivity index (χ1v) is 13.4. The molecule has 0 spiro atoms. The Morgan fingerprint density at radius 3 is 2.62 bits per heavy atom. The number of nitrogens with zero attached hydrogens (tertiary/aromatic N) is 1. The Hall–Kier alpha value is -1.03. The fourth-order valence-electron chi connectivity index (χ4n) is 6.27. The first kappa shape index (κ1) is 19.9. The number of carbonyl (C=O) groups is 1. The molecule has 4 saturated carbocycles. The van der Waals surface area contributed by atoms with E-state index in [9.17, 15) is 18.3 Å². The zero-order chi connectivity index (χ0) is 20.4. The van der Waals surface area contributed by atoms with E-state index in [0.717, 1.165) is 44.9 Å². The van der Waals surface area contributed by atoms with Crippen LogP contribution in [0.2, 0.25) is 0 Å². The molecule has 6 rings (SSSR count). The topological polar surface area (TPSA) is 106 Å². The Morgan fingerprint density at radius 2 is 2.03 bits per heavy atom. The van der Waals surface area contributed by atoms with Gasteiger partial charge < -0.3 is 15.2 Å². The van der Waals surface area contributed by atoms with Gasteiger partial charge in [-0.05, 0) is 62.7 Å². The van der Waals surface area contributed by atoms with E-state index in [1.165, 1.54) is 17.6 Å². The summed E-state index contributed by atoms with van der Waals surface area (Å²) in [7, 11) is -3.23. The molecule has 2 unspecified atom stereocenters. The number of hydrogen-bond acceptors (Lipinski definition) is 7. The number of sulfone groups is 1. The molecule has 3 atom stereocenters. The number of amides is 1. The van der Waals surface area contributed by atoms with Crippen molar-refractivity contribution in [2.24, 2.45) is 17.8 Å². The van der Waals surface area contributed by atoms with Gasteiger partial charge in [0.1, 0.15) is 21.7 Å². The number of carbonyl (C=O) groups excluding carboxylic acids is 1. The van der Waals surface area contributed by atoms with Crippen molar-refractivity contribution < 1.29 is 23.1 Å². The molecule has 9 heteroatoms. The first-order chi connectivity index (χ1) is 13.7. The molecule has 5 fully saturated rings. The Bertz CT molecular complexity index is 905. The maximum atomic E-state index is 13.3. The van der Waals surface area contributed by atoms with Crippen LogP contribution in [0.3, 0.4) is 0 Å². The number of thiazole rings is 1. The molecular formula is C20H28N2O5S2. The van der Waals surface area contributed by atoms with Gasteiger partial charge in [-0.1, -0.05) is 0 Å². The van der Waals surface area contributed by atoms with Gasteiger partial charge in [-0.15, -0.1) is 11.3 Å². The molecule has 4 bridgehead atoms. The summed E-state index contributed by atoms with van der Waals surface area (Å²) in [4.78, 5) is 18.3. The highest BCUT2D eigenvalue weighted by Gasteiger charge is 2.55. The molecular weight excluding hydrogens is 412 g/mol. The molecule has 1 amide bonds. The number of rotatable bonds is 5. The van der Waals surface area contributed by atoms with Crippen LogP contribution >= 0.6 is 11.3 Å². The summed E-state index contributed by atoms with van der Waals surface area (Å²) in [5.74, 6) is 0.901. The van der Waals surface area contributed by atoms with Crippen molar-refractivity contribution in [3.8, 4) is 0 Å². The minimum Gasteiger partial charge on any atom is -0.390 e. The molecule has 0 aromatic carbocycles. The highest BCUT2D eigenvalue weighted by Crippen LogP contribution is 2.55. The molecule has 7 nitrogen and oxygen atoms in total. The van der Waals surface area contributed by atoms with Crippen molar-refractivity contribution in [1.29, 1.82) is 0 Å². The van der Waals surface area contributed by atoms with Crippen LogP contribution in [-0.2, 0) is 20.3 Å². The van der Waals surface area contributed by atoms with Crippen LogP contribution < -0.4 is 5.32 Å². The normalized spacial score (nSPS) is 38.5. The van der Waals surface area contributed by atoms with E-state index in [0.29, 0.717) is 39.9 Å². The lowest BCUT2D eigenvalue weighted by Gasteiger charge is -2.58. The number of hydrogen-bond donors (Lipinski definition) is 2. The van der Waals surface area contributed by atoms with E-state index in [4.69, 9.17) is 4.74 Å². The van der Waals surface area contributed by atoms with Crippen LogP contribution in [0.4, 0.5) is 0 Å². The monoisotopic (exact) mass is 440 g/mol. The second kappa shape index (κ2) is 7.00. The summed E-state index contributed by atoms with van der Waals surface area (Å²) in [6, 6.07) is 0.0807. The quantitative estimate of drug-likeness (QED) is 0.727. The van der Waals surface area contributed by atoms with Crippen LogP contribution in [0.1, 0.15) is 71.4 Å². The zero-order valence-electron chi connectivity index (χ0n) is 16.6. The predicted molar refractivity (Wildman–Crippen MR) is 108 cm³/mol. The average Bonchev–Trinajstić information content (AvgIpc) is 3.24. The van der Waals surface area contributed by atoms with Crippen LogP contribution in [-0.4, -0.2) is 48.9 Å². The molecule has 0 radical (unpaired) electrons. The van der Waals surface area contributed by atoms with Gasteiger partial charge in [0.25, 0.3) is 5.91 Å². The molecule has 1 saturated heterocycles. The number of ether oxygens (including phenoxy) is 1. The molecule has 160 valence electrons. The smallest absolute Gasteiger partial charge is 0.263 e. The van der Waals surface area contributed by atoms with Gasteiger partial charge in [-0.2, -0.15) is 0 Å². The van der Waals surface area contributed by atoms with Crippen molar-refractivity contribution in [3.05, 3.63) is 15.6 Å². The van der Waals surface area contributed by atoms with Gasteiger partial charge in [0, 0.05) is 18.9 Å². The fourth-order valence-corrected chi connectivity index (χ4v) is 8.48. The van der Waals surface area contributed by atoms with Crippen LogP contribution in [0, 0.1) is 17.8 Å². The van der Waals surface area contributed by atoms with Crippen LogP contribution in [0.5, 0.6) is 0 Å². The number of aromatic nitrogens is 1. The Balaban J connectivity index is 1.39. The molecule has 1 aromatic rings. The Morgan fingerprint density at radius 1 is 1.31 bits per heavy atom. The third-order valence-electron chi connectivity index (χ3n) is 7.06. The molecule has 29 heavy (non-hydrogen) atoms. The van der Waals surface area contributed by atoms with Crippen molar-refractivity contribution in [3.63, 3.8) is 0 Å². The van der Waals surface area contributed by atoms with Gasteiger partial charge in [0.15, 0.2) is 9.84 Å². The van der Waals surface area contributed by atoms with Gasteiger partial charge in [0.2, 0.25) is 0 Å². The Labute approximate surface area is 175 Å². The van der Waals surface area contributed by atoms with E-state index in [-0.39, 0.29) is 23.8 Å². The van der Waals surface area contributed by atoms with Gasteiger partial charge in [0.05, 0.1) is 11.3 Å². The summed E-state index contributed by atoms with van der Waals surface area (Å²) in [5, 5.41) is 14.5. The number of aliphatic hydroxyl groups is 1. The van der Waals surface area contributed by atoms with Crippen molar-refractivity contribution in [1.82, 2.24) is 10.3 Å². The van der Waals surface area contributed by atoms with Crippen molar-refractivity contribution >= 4 is 27.1 Å². The van der Waals surface area contributed by atoms with Gasteiger partial charge in [-0.3, -0.25) is 4.79 Å². The molecule has 1 aliphatic heterocycles. The minimum absolute atomic E-state index is 0.0807. The minimum atomic E-state index is -3.23. The molecule has 5 aliphatic rings. The Kier molecular flexibility index (Phi) is 4.81. The fraction of sp³-hybridized carbons (Fsp3) is 0.800. The van der Waals surface area contributed by atoms with Crippen molar-refractivity contribution in [2.45, 2.75) is 68.4 Å². The maximum absolute atomic E-state index is 13.3. The second-order valence-electron chi connectivity index (χ2n) is 9.59. The maximum Gasteiger partial charge on any atom is 0.263 e. The summed E-state index contributed by atoms with van der Waals surface area (Å²) in [6.45, 7) is 0.636. The third kappa shape index (κ3) is 3.86. The largest absolute Gasteiger partial charge is 0.390 e. The highest BCUT2D eigenvalue weighted by molar-refractivity contribution is 7.90. The summed E-state index contributed by atoms with van der Waals surface area (Å²) < 4.78 is 29.2. The summed E-state index contributed by atoms with van der Waals surface area (Å²) >= 11 is 1.17. The first-order valence-electron chi connectivity index (χ1n) is 10.5. The van der Waals surface area contributed by atoms with Crippen LogP contribution in [0.15, 0.2) is 0 Å². The SMILES string of the molecule is CS(=O)(=O)Cc1nc([C@H]2CCCO2)c(C(=O)NC2C3CC4CC2CC(O)(C4)C3)s1. The number of nitrogens with one attached hydrogen (secondary N) is 1. The molecule has 2 heterocycles. The van der Waals surface area contributed by atoms with E-state index in [2.05, 4.69) is 10.3 Å². The van der Waals surface area contributed by atoms with E-state index in [1.54, 1.807) is 0 Å². The average molecular weight is 441 g/mol. The van der Waals surface area contributed by atoms with Crippen molar-refractivity contribution in [2.75, 3.05) is 12.9 Å². The van der Waals surface area contributed by atoms with Gasteiger partial charge >= 0.3 is 0 Å². The standard InChI is InChI=1S/C20H28N2O5S2/c1-29(25,26)10-15-21-17(14-3-2-4-27-14)18(28-15)19(23)22-16-12-5-11-6-13(16)9-20(24,7-11)8-12/h11-14,16,24H,2-10H2,1H3,(H,22,23)/t11?,12?,13?,14-,16?,20?/m1/s1. The molecule has 1 aromatic heterocycles. The molecule has 4 aliphatic carbocycles. The van der Waals surface area contributed by atoms with Crippen LogP contribution in [0.25, 0.3) is 0 Å². The lowest BCUT2D eigenvalue weighted by atomic mass is 9.52. The highest BCUT2D eigenvalue weighted by atomic mass is 32.2. The predicted octanol–water partition coefficient (Wildman–Crippen LogP) is 2.21.